The fraction of sp³-hybridized carbons (Fsp3) is 0.731. The van der Waals surface area contributed by atoms with Crippen LogP contribution in [0.25, 0.3) is 11.2 Å². The van der Waals surface area contributed by atoms with Crippen LogP contribution in [0.3, 0.4) is 0 Å². The van der Waals surface area contributed by atoms with Gasteiger partial charge < -0.3 is 18.2 Å². The number of nitrogens with one attached hydrogen (secondary N) is 2. The first-order valence-electron chi connectivity index (χ1n) is 13.9. The molecule has 0 aromatic carbocycles. The summed E-state index contributed by atoms with van der Waals surface area (Å²) in [4.78, 5) is 33.0. The Bertz CT molecular complexity index is 1510. The summed E-state index contributed by atoms with van der Waals surface area (Å²) in [5.41, 5.74) is -2.92. The second-order valence-electron chi connectivity index (χ2n) is 13.2. The van der Waals surface area contributed by atoms with E-state index in [1.165, 1.54) is 10.9 Å². The van der Waals surface area contributed by atoms with Gasteiger partial charge in [0.05, 0.1) is 19.0 Å². The maximum absolute atomic E-state index is 16.4. The van der Waals surface area contributed by atoms with Gasteiger partial charge in [-0.3, -0.25) is 19.3 Å². The molecule has 2 aromatic rings. The lowest BCUT2D eigenvalue weighted by Crippen LogP contribution is -2.49. The van der Waals surface area contributed by atoms with Crippen molar-refractivity contribution in [2.24, 2.45) is 5.92 Å². The first-order chi connectivity index (χ1) is 18.9. The van der Waals surface area contributed by atoms with Gasteiger partial charge in [-0.05, 0) is 69.0 Å². The molecule has 0 radical (unpaired) electrons. The SMILES string of the molecule is C=C(C)[C@H]1CC[C@@]2(C)SP(=S)(OC[C@H]3O[C@@H](n4cnc5c(=O)[nH]c(=O)[nH]c54)[C@H](F)[C@@H]3O[Si](C)(C)C(C)(C)C)O[C@@H]2C1. The summed E-state index contributed by atoms with van der Waals surface area (Å²) >= 11 is 7.56. The van der Waals surface area contributed by atoms with E-state index in [0.29, 0.717) is 5.92 Å². The van der Waals surface area contributed by atoms with Crippen molar-refractivity contribution in [2.75, 3.05) is 6.61 Å². The molecule has 4 heterocycles. The normalized spacial score (nSPS) is 36.1. The average molecular weight is 647 g/mol. The van der Waals surface area contributed by atoms with Crippen molar-refractivity contribution < 1.29 is 22.6 Å². The molecule has 1 aliphatic carbocycles. The van der Waals surface area contributed by atoms with Crippen molar-refractivity contribution >= 4 is 48.4 Å². The molecule has 0 bridgehead atoms. The second-order valence-corrected chi connectivity index (χ2v) is 24.5. The van der Waals surface area contributed by atoms with Gasteiger partial charge in [-0.2, -0.15) is 0 Å². The summed E-state index contributed by atoms with van der Waals surface area (Å²) < 4.78 is 43.2. The van der Waals surface area contributed by atoms with Crippen LogP contribution in [0.1, 0.15) is 60.1 Å². The van der Waals surface area contributed by atoms with Crippen molar-refractivity contribution in [3.8, 4) is 0 Å². The highest BCUT2D eigenvalue weighted by Gasteiger charge is 2.55. The average Bonchev–Trinajstić information content (AvgIpc) is 3.48. The number of aromatic amines is 2. The zero-order chi connectivity index (χ0) is 30.1. The number of fused-ring (bicyclic) bond motifs is 2. The number of imidazole rings is 1. The predicted octanol–water partition coefficient (Wildman–Crippen LogP) is 5.55. The van der Waals surface area contributed by atoms with Crippen molar-refractivity contribution in [3.63, 3.8) is 0 Å². The number of nitrogens with zero attached hydrogens (tertiary/aromatic N) is 2. The van der Waals surface area contributed by atoms with E-state index in [1.807, 2.05) is 0 Å². The van der Waals surface area contributed by atoms with E-state index in [0.717, 1.165) is 24.8 Å². The third-order valence-electron chi connectivity index (χ3n) is 9.09. The van der Waals surface area contributed by atoms with Crippen LogP contribution in [-0.4, -0.2) is 63.7 Å². The molecule has 41 heavy (non-hydrogen) atoms. The van der Waals surface area contributed by atoms with E-state index < -0.39 is 49.9 Å². The lowest BCUT2D eigenvalue weighted by Gasteiger charge is -2.39. The van der Waals surface area contributed by atoms with E-state index >= 15 is 4.39 Å². The van der Waals surface area contributed by atoms with Crippen LogP contribution in [0.2, 0.25) is 18.1 Å². The van der Waals surface area contributed by atoms with Crippen LogP contribution in [0, 0.1) is 5.92 Å². The van der Waals surface area contributed by atoms with E-state index in [4.69, 9.17) is 30.0 Å². The van der Waals surface area contributed by atoms with Crippen LogP contribution in [0.5, 0.6) is 0 Å². The molecule has 10 nitrogen and oxygen atoms in total. The summed E-state index contributed by atoms with van der Waals surface area (Å²) in [6, 6.07) is 0. The number of aromatic nitrogens is 4. The molecule has 2 aromatic heterocycles. The smallest absolute Gasteiger partial charge is 0.327 e. The minimum Gasteiger partial charge on any atom is -0.408 e. The molecule has 0 spiro atoms. The number of H-pyrrole nitrogens is 2. The van der Waals surface area contributed by atoms with Gasteiger partial charge in [0.25, 0.3) is 5.56 Å². The third kappa shape index (κ3) is 5.87. The molecular formula is C26H40FN4O6PS2Si. The standard InChI is InChI=1S/C26H40FN4O6PS2Si/c1-14(2)15-9-10-26(6)17(11-15)36-38(39,40-26)34-12-16-20(37-41(7,8)25(3,4)5)18(27)23(35-16)31-13-28-19-21(31)29-24(33)30-22(19)32/h13,15-18,20,23H,1,9-12H2,2-8H3,(H2,29,30,32,33)/t15-,16+,17+,18+,20+,23+,26+,38?/m0/s1. The number of hydrogen-bond acceptors (Lipinski definition) is 9. The highest BCUT2D eigenvalue weighted by atomic mass is 32.9. The fourth-order valence-electron chi connectivity index (χ4n) is 5.46. The van der Waals surface area contributed by atoms with Gasteiger partial charge in [0, 0.05) is 4.75 Å². The lowest BCUT2D eigenvalue weighted by molar-refractivity contribution is -0.0405. The Kier molecular flexibility index (Phi) is 8.24. The monoisotopic (exact) mass is 646 g/mol. The van der Waals surface area contributed by atoms with E-state index in [1.54, 1.807) is 11.4 Å². The Hall–Kier alpha value is -1.12. The van der Waals surface area contributed by atoms with Gasteiger partial charge in [-0.25, -0.2) is 14.2 Å². The molecule has 8 atom stereocenters. The number of hydrogen-bond donors (Lipinski definition) is 2. The first-order valence-corrected chi connectivity index (χ1v) is 20.9. The minimum absolute atomic E-state index is 0.0166. The number of ether oxygens (including phenoxy) is 1. The molecule has 5 rings (SSSR count). The molecule has 2 N–H and O–H groups in total. The molecule has 228 valence electrons. The Morgan fingerprint density at radius 1 is 1.39 bits per heavy atom. The van der Waals surface area contributed by atoms with E-state index in [9.17, 15) is 9.59 Å². The molecule has 2 saturated heterocycles. The minimum atomic E-state index is -2.75. The van der Waals surface area contributed by atoms with Crippen LogP contribution < -0.4 is 11.2 Å². The summed E-state index contributed by atoms with van der Waals surface area (Å²) in [6.07, 6.45) is -0.496. The summed E-state index contributed by atoms with van der Waals surface area (Å²) in [5, 5.41) is -0.183. The highest BCUT2D eigenvalue weighted by Crippen LogP contribution is 2.75. The van der Waals surface area contributed by atoms with Crippen molar-refractivity contribution in [3.05, 3.63) is 39.3 Å². The van der Waals surface area contributed by atoms with Crippen LogP contribution >= 0.6 is 17.1 Å². The molecule has 1 saturated carbocycles. The van der Waals surface area contributed by atoms with Crippen LogP contribution in [0.15, 0.2) is 28.1 Å². The Labute approximate surface area is 249 Å². The zero-order valence-electron chi connectivity index (χ0n) is 24.6. The maximum atomic E-state index is 16.4. The van der Waals surface area contributed by atoms with Gasteiger partial charge in [-0.1, -0.05) is 44.3 Å². The largest absolute Gasteiger partial charge is 0.408 e. The predicted molar refractivity (Wildman–Crippen MR) is 165 cm³/mol. The molecule has 2 aliphatic heterocycles. The maximum Gasteiger partial charge on any atom is 0.327 e. The van der Waals surface area contributed by atoms with Crippen LogP contribution in [-0.2, 0) is 30.0 Å². The number of halogens is 1. The van der Waals surface area contributed by atoms with Crippen molar-refractivity contribution in [2.45, 2.75) is 107 Å². The van der Waals surface area contributed by atoms with Gasteiger partial charge in [0.1, 0.15) is 17.9 Å². The van der Waals surface area contributed by atoms with Crippen molar-refractivity contribution in [1.29, 1.82) is 0 Å². The topological polar surface area (TPSA) is 120 Å². The summed E-state index contributed by atoms with van der Waals surface area (Å²) in [7, 11) is -2.45. The van der Waals surface area contributed by atoms with Crippen LogP contribution in [0.4, 0.5) is 4.39 Å². The second kappa shape index (κ2) is 10.8. The lowest BCUT2D eigenvalue weighted by atomic mass is 9.77. The highest BCUT2D eigenvalue weighted by molar-refractivity contribution is 8.68. The van der Waals surface area contributed by atoms with Gasteiger partial charge in [0.2, 0.25) is 5.69 Å². The number of allylic oxidation sites excluding steroid dienone is 1. The Balaban J connectivity index is 1.40. The molecule has 3 aliphatic rings. The van der Waals surface area contributed by atoms with Gasteiger partial charge >= 0.3 is 5.69 Å². The number of alkyl halides is 1. The number of rotatable bonds is 7. The summed E-state index contributed by atoms with van der Waals surface area (Å²) in [5.74, 6) is 0.396. The van der Waals surface area contributed by atoms with Crippen molar-refractivity contribution in [1.82, 2.24) is 19.5 Å². The Morgan fingerprint density at radius 3 is 2.76 bits per heavy atom. The quantitative estimate of drug-likeness (QED) is 0.227. The molecule has 1 unspecified atom stereocenters. The van der Waals surface area contributed by atoms with E-state index in [2.05, 4.69) is 69.2 Å². The zero-order valence-corrected chi connectivity index (χ0v) is 28.1. The molecule has 3 fully saturated rings. The molecule has 0 amide bonds. The van der Waals surface area contributed by atoms with Gasteiger partial charge in [-0.15, -0.1) is 0 Å². The third-order valence-corrected chi connectivity index (χ3v) is 19.4. The first kappa shape index (κ1) is 31.3. The fourth-order valence-corrected chi connectivity index (χ4v) is 13.9. The Morgan fingerprint density at radius 2 is 2.10 bits per heavy atom. The van der Waals surface area contributed by atoms with E-state index in [-0.39, 0.29) is 33.7 Å². The molecular weight excluding hydrogens is 607 g/mol. The molecule has 15 heteroatoms. The van der Waals surface area contributed by atoms with Gasteiger partial charge in [0.15, 0.2) is 26.2 Å². The summed E-state index contributed by atoms with van der Waals surface area (Å²) in [6.45, 7) is 18.7.